The molecule has 1 unspecified atom stereocenters. The number of rotatable bonds is 5. The first kappa shape index (κ1) is 18.7. The smallest absolute Gasteiger partial charge is 0.266 e. The van der Waals surface area contributed by atoms with Crippen LogP contribution in [0.4, 0.5) is 0 Å². The summed E-state index contributed by atoms with van der Waals surface area (Å²) in [6.07, 6.45) is 0.151. The monoisotopic (exact) mass is 394 g/mol. The standard InChI is InChI=1S/C21H18N2O6/c1-28-13-9-14-18(16(10-13)29-11-12-5-3-2-4-6-12)21(27)23(20(14)26)15-7-8-17(24)22-19(15)25/h2-6,9-10,15H,7-8,11H2,1H3,(H,22,24,25). The summed E-state index contributed by atoms with van der Waals surface area (Å²) in [7, 11) is 1.45. The van der Waals surface area contributed by atoms with Crippen molar-refractivity contribution in [3.8, 4) is 11.5 Å². The molecule has 2 aromatic carbocycles. The molecular weight excluding hydrogens is 376 g/mol. The SMILES string of the molecule is COc1cc(OCc2ccccc2)c2c(c1)C(=O)N(C1CCC(=O)NC1=O)C2=O. The minimum Gasteiger partial charge on any atom is -0.497 e. The van der Waals surface area contributed by atoms with Crippen LogP contribution in [-0.4, -0.2) is 41.7 Å². The lowest BCUT2D eigenvalue weighted by Crippen LogP contribution is -2.54. The van der Waals surface area contributed by atoms with Crippen LogP contribution < -0.4 is 14.8 Å². The highest BCUT2D eigenvalue weighted by Gasteiger charge is 2.46. The van der Waals surface area contributed by atoms with E-state index >= 15 is 0 Å². The molecule has 148 valence electrons. The third-order valence-electron chi connectivity index (χ3n) is 4.95. The van der Waals surface area contributed by atoms with Gasteiger partial charge in [0.05, 0.1) is 18.2 Å². The first-order valence-electron chi connectivity index (χ1n) is 9.10. The summed E-state index contributed by atoms with van der Waals surface area (Å²) in [5.74, 6) is -1.74. The van der Waals surface area contributed by atoms with Crippen molar-refractivity contribution >= 4 is 23.6 Å². The van der Waals surface area contributed by atoms with Crippen molar-refractivity contribution in [1.82, 2.24) is 10.2 Å². The van der Waals surface area contributed by atoms with Crippen LogP contribution in [0.1, 0.15) is 39.1 Å². The largest absolute Gasteiger partial charge is 0.497 e. The molecule has 1 saturated heterocycles. The lowest BCUT2D eigenvalue weighted by molar-refractivity contribution is -0.136. The minimum atomic E-state index is -1.03. The molecule has 0 saturated carbocycles. The molecule has 8 heteroatoms. The number of benzene rings is 2. The van der Waals surface area contributed by atoms with Gasteiger partial charge in [-0.15, -0.1) is 0 Å². The van der Waals surface area contributed by atoms with Gasteiger partial charge in [0.25, 0.3) is 11.8 Å². The number of carbonyl (C=O) groups excluding carboxylic acids is 4. The summed E-state index contributed by atoms with van der Waals surface area (Å²) in [5, 5.41) is 2.18. The second kappa shape index (κ2) is 7.38. The zero-order chi connectivity index (χ0) is 20.5. The number of amides is 4. The first-order valence-corrected chi connectivity index (χ1v) is 9.10. The normalized spacial score (nSPS) is 18.5. The van der Waals surface area contributed by atoms with Crippen molar-refractivity contribution in [1.29, 1.82) is 0 Å². The van der Waals surface area contributed by atoms with Gasteiger partial charge in [-0.25, -0.2) is 0 Å². The third kappa shape index (κ3) is 3.33. The molecular formula is C21H18N2O6. The number of methoxy groups -OCH3 is 1. The van der Waals surface area contributed by atoms with Gasteiger partial charge in [0.2, 0.25) is 11.8 Å². The van der Waals surface area contributed by atoms with E-state index in [0.717, 1.165) is 10.5 Å². The van der Waals surface area contributed by atoms with Gasteiger partial charge in [-0.2, -0.15) is 0 Å². The zero-order valence-corrected chi connectivity index (χ0v) is 15.6. The maximum atomic E-state index is 13.1. The Morgan fingerprint density at radius 3 is 2.52 bits per heavy atom. The van der Waals surface area contributed by atoms with E-state index < -0.39 is 29.7 Å². The van der Waals surface area contributed by atoms with Crippen LogP contribution in [0, 0.1) is 0 Å². The molecule has 1 atom stereocenters. The highest BCUT2D eigenvalue weighted by Crippen LogP contribution is 2.37. The molecule has 2 aliphatic rings. The number of hydrogen-bond donors (Lipinski definition) is 1. The predicted molar refractivity (Wildman–Crippen MR) is 100 cm³/mol. The zero-order valence-electron chi connectivity index (χ0n) is 15.6. The summed E-state index contributed by atoms with van der Waals surface area (Å²) in [6.45, 7) is 0.195. The van der Waals surface area contributed by atoms with E-state index in [2.05, 4.69) is 5.32 Å². The third-order valence-corrected chi connectivity index (χ3v) is 4.95. The van der Waals surface area contributed by atoms with Crippen LogP contribution in [0.15, 0.2) is 42.5 Å². The Bertz CT molecular complexity index is 1020. The van der Waals surface area contributed by atoms with E-state index in [0.29, 0.717) is 5.75 Å². The Morgan fingerprint density at radius 1 is 1.07 bits per heavy atom. The fraction of sp³-hybridized carbons (Fsp3) is 0.238. The topological polar surface area (TPSA) is 102 Å². The van der Waals surface area contributed by atoms with E-state index in [4.69, 9.17) is 9.47 Å². The number of fused-ring (bicyclic) bond motifs is 1. The minimum absolute atomic E-state index is 0.0600. The molecule has 4 amide bonds. The second-order valence-corrected chi connectivity index (χ2v) is 6.77. The average Bonchev–Trinajstić information content (AvgIpc) is 2.97. The predicted octanol–water partition coefficient (Wildman–Crippen LogP) is 1.68. The molecule has 29 heavy (non-hydrogen) atoms. The molecule has 1 N–H and O–H groups in total. The summed E-state index contributed by atoms with van der Waals surface area (Å²) >= 11 is 0. The van der Waals surface area contributed by atoms with Gasteiger partial charge in [-0.3, -0.25) is 29.4 Å². The number of ether oxygens (including phenoxy) is 2. The first-order chi connectivity index (χ1) is 14.0. The molecule has 2 aliphatic heterocycles. The van der Waals surface area contributed by atoms with Crippen molar-refractivity contribution in [3.05, 3.63) is 59.2 Å². The number of nitrogens with one attached hydrogen (secondary N) is 1. The lowest BCUT2D eigenvalue weighted by atomic mass is 10.0. The van der Waals surface area contributed by atoms with Crippen LogP contribution in [0.25, 0.3) is 0 Å². The Kier molecular flexibility index (Phi) is 4.75. The van der Waals surface area contributed by atoms with Crippen molar-refractivity contribution in [2.75, 3.05) is 7.11 Å². The fourth-order valence-electron chi connectivity index (χ4n) is 3.50. The highest BCUT2D eigenvalue weighted by molar-refractivity contribution is 6.24. The number of nitrogens with zero attached hydrogens (tertiary/aromatic N) is 1. The van der Waals surface area contributed by atoms with Crippen LogP contribution in [0.3, 0.4) is 0 Å². The van der Waals surface area contributed by atoms with Gasteiger partial charge in [0.15, 0.2) is 0 Å². The van der Waals surface area contributed by atoms with Gasteiger partial charge in [-0.05, 0) is 18.1 Å². The lowest BCUT2D eigenvalue weighted by Gasteiger charge is -2.27. The van der Waals surface area contributed by atoms with Crippen molar-refractivity contribution in [2.45, 2.75) is 25.5 Å². The maximum Gasteiger partial charge on any atom is 0.266 e. The summed E-state index contributed by atoms with van der Waals surface area (Å²) in [6, 6.07) is 11.3. The van der Waals surface area contributed by atoms with E-state index in [1.54, 1.807) is 6.07 Å². The Hall–Kier alpha value is -3.68. The van der Waals surface area contributed by atoms with Gasteiger partial charge in [-0.1, -0.05) is 30.3 Å². The summed E-state index contributed by atoms with van der Waals surface area (Å²) in [4.78, 5) is 50.6. The van der Waals surface area contributed by atoms with Gasteiger partial charge in [0.1, 0.15) is 24.1 Å². The molecule has 2 heterocycles. The Balaban J connectivity index is 1.68. The van der Waals surface area contributed by atoms with Crippen LogP contribution in [-0.2, 0) is 16.2 Å². The fourth-order valence-corrected chi connectivity index (χ4v) is 3.50. The Morgan fingerprint density at radius 2 is 1.83 bits per heavy atom. The maximum absolute atomic E-state index is 13.1. The molecule has 0 bridgehead atoms. The van der Waals surface area contributed by atoms with Crippen LogP contribution in [0.2, 0.25) is 0 Å². The molecule has 0 aliphatic carbocycles. The number of piperidine rings is 1. The van der Waals surface area contributed by atoms with Crippen LogP contribution >= 0.6 is 0 Å². The summed E-state index contributed by atoms with van der Waals surface area (Å²) < 4.78 is 11.1. The molecule has 1 fully saturated rings. The van der Waals surface area contributed by atoms with E-state index in [9.17, 15) is 19.2 Å². The van der Waals surface area contributed by atoms with Gasteiger partial charge in [0, 0.05) is 12.5 Å². The molecule has 0 radical (unpaired) electrons. The van der Waals surface area contributed by atoms with Crippen molar-refractivity contribution in [3.63, 3.8) is 0 Å². The van der Waals surface area contributed by atoms with Gasteiger partial charge >= 0.3 is 0 Å². The summed E-state index contributed by atoms with van der Waals surface area (Å²) in [5.41, 5.74) is 1.10. The number of imide groups is 2. The van der Waals surface area contributed by atoms with Crippen LogP contribution in [0.5, 0.6) is 11.5 Å². The highest BCUT2D eigenvalue weighted by atomic mass is 16.5. The Labute approximate surface area is 166 Å². The van der Waals surface area contributed by atoms with Gasteiger partial charge < -0.3 is 9.47 Å². The molecule has 0 aromatic heterocycles. The van der Waals surface area contributed by atoms with Crippen molar-refractivity contribution in [2.24, 2.45) is 0 Å². The second-order valence-electron chi connectivity index (χ2n) is 6.77. The number of hydrogen-bond acceptors (Lipinski definition) is 6. The molecule has 8 nitrogen and oxygen atoms in total. The molecule has 0 spiro atoms. The van der Waals surface area contributed by atoms with E-state index in [-0.39, 0.29) is 36.3 Å². The molecule has 2 aromatic rings. The number of carbonyl (C=O) groups is 4. The molecule has 4 rings (SSSR count). The quantitative estimate of drug-likeness (QED) is 0.774. The van der Waals surface area contributed by atoms with Crippen molar-refractivity contribution < 1.29 is 28.7 Å². The van der Waals surface area contributed by atoms with E-state index in [1.165, 1.54) is 13.2 Å². The van der Waals surface area contributed by atoms with E-state index in [1.807, 2.05) is 30.3 Å². The average molecular weight is 394 g/mol.